The van der Waals surface area contributed by atoms with E-state index in [2.05, 4.69) is 4.99 Å². The average molecular weight is 160 g/mol. The number of aliphatic hydroxyl groups excluding tert-OH is 1. The van der Waals surface area contributed by atoms with Crippen molar-refractivity contribution in [1.82, 2.24) is 0 Å². The number of nitrogens with two attached hydrogens (primary N) is 1. The highest BCUT2D eigenvalue weighted by Gasteiger charge is 2.00. The maximum atomic E-state index is 12.3. The van der Waals surface area contributed by atoms with E-state index in [0.717, 1.165) is 0 Å². The molecule has 4 heteroatoms. The molecule has 0 unspecified atom stereocenters. The van der Waals surface area contributed by atoms with E-state index in [9.17, 15) is 4.39 Å². The van der Waals surface area contributed by atoms with Crippen molar-refractivity contribution in [2.75, 3.05) is 13.2 Å². The molecule has 0 aliphatic carbocycles. The Bertz CT molecular complexity index is 136. The highest BCUT2D eigenvalue weighted by atomic mass is 19.1. The molecule has 11 heavy (non-hydrogen) atoms. The van der Waals surface area contributed by atoms with E-state index in [1.54, 1.807) is 6.08 Å². The molecule has 3 nitrogen and oxygen atoms in total. The smallest absolute Gasteiger partial charge is 0.125 e. The Labute approximate surface area is 65.4 Å². The summed E-state index contributed by atoms with van der Waals surface area (Å²) in [6, 6.07) is 0. The first-order valence-corrected chi connectivity index (χ1v) is 3.43. The van der Waals surface area contributed by atoms with Crippen LogP contribution in [0.4, 0.5) is 4.39 Å². The van der Waals surface area contributed by atoms with Crippen LogP contribution in [0.5, 0.6) is 0 Å². The molecule has 0 rings (SSSR count). The third kappa shape index (κ3) is 6.99. The minimum atomic E-state index is -1.16. The molecule has 0 radical (unpaired) electrons. The predicted octanol–water partition coefficient (Wildman–Crippen LogP) is 0.250. The van der Waals surface area contributed by atoms with E-state index in [0.29, 0.717) is 6.54 Å². The molecule has 0 spiro atoms. The predicted molar refractivity (Wildman–Crippen MR) is 43.3 cm³/mol. The van der Waals surface area contributed by atoms with E-state index in [4.69, 9.17) is 10.8 Å². The molecule has 0 heterocycles. The Morgan fingerprint density at radius 2 is 2.36 bits per heavy atom. The molecule has 0 amide bonds. The van der Waals surface area contributed by atoms with Gasteiger partial charge in [0.2, 0.25) is 0 Å². The highest BCUT2D eigenvalue weighted by Crippen LogP contribution is 1.95. The van der Waals surface area contributed by atoms with E-state index in [-0.39, 0.29) is 6.42 Å². The van der Waals surface area contributed by atoms with Gasteiger partial charge in [-0.3, -0.25) is 4.99 Å². The Morgan fingerprint density at radius 1 is 1.64 bits per heavy atom. The van der Waals surface area contributed by atoms with Gasteiger partial charge in [-0.1, -0.05) is 0 Å². The van der Waals surface area contributed by atoms with Crippen LogP contribution in [-0.4, -0.2) is 30.6 Å². The summed E-state index contributed by atoms with van der Waals surface area (Å²) in [5.74, 6) is 0. The van der Waals surface area contributed by atoms with Gasteiger partial charge in [0, 0.05) is 19.2 Å². The zero-order valence-corrected chi connectivity index (χ0v) is 6.28. The lowest BCUT2D eigenvalue weighted by atomic mass is 10.3. The fraction of sp³-hybridized carbons (Fsp3) is 0.571. The van der Waals surface area contributed by atoms with Gasteiger partial charge in [0.25, 0.3) is 0 Å². The van der Waals surface area contributed by atoms with Crippen LogP contribution < -0.4 is 5.73 Å². The van der Waals surface area contributed by atoms with Crippen LogP contribution in [0.1, 0.15) is 6.42 Å². The van der Waals surface area contributed by atoms with Crippen LogP contribution in [0, 0.1) is 0 Å². The molecule has 64 valence electrons. The zero-order valence-electron chi connectivity index (χ0n) is 6.28. The van der Waals surface area contributed by atoms with Crippen molar-refractivity contribution in [2.45, 2.75) is 12.6 Å². The number of alkyl halides is 1. The van der Waals surface area contributed by atoms with Crippen molar-refractivity contribution >= 4 is 6.21 Å². The standard InChI is InChI=1S/C7H13FN2O/c8-7(6-11)2-5-10-4-1-3-9/h1,3-4,7,11H,2,5-6,9H2/t7-/m0/s1. The molecule has 0 bridgehead atoms. The van der Waals surface area contributed by atoms with Crippen molar-refractivity contribution in [3.05, 3.63) is 12.3 Å². The van der Waals surface area contributed by atoms with Crippen molar-refractivity contribution in [1.29, 1.82) is 0 Å². The number of aliphatic hydroxyl groups is 1. The third-order valence-electron chi connectivity index (χ3n) is 1.07. The summed E-state index contributed by atoms with van der Waals surface area (Å²) in [5.41, 5.74) is 5.01. The van der Waals surface area contributed by atoms with Gasteiger partial charge in [-0.25, -0.2) is 4.39 Å². The Morgan fingerprint density at radius 3 is 2.91 bits per heavy atom. The van der Waals surface area contributed by atoms with E-state index in [1.165, 1.54) is 12.4 Å². The van der Waals surface area contributed by atoms with Gasteiger partial charge in [-0.2, -0.15) is 0 Å². The number of hydrogen-bond acceptors (Lipinski definition) is 3. The first-order valence-electron chi connectivity index (χ1n) is 3.43. The monoisotopic (exact) mass is 160 g/mol. The molecule has 0 aromatic heterocycles. The van der Waals surface area contributed by atoms with E-state index >= 15 is 0 Å². The lowest BCUT2D eigenvalue weighted by Crippen LogP contribution is -2.06. The lowest BCUT2D eigenvalue weighted by molar-refractivity contribution is 0.172. The first-order chi connectivity index (χ1) is 5.31. The number of nitrogens with zero attached hydrogens (tertiary/aromatic N) is 1. The minimum Gasteiger partial charge on any atom is -0.405 e. The van der Waals surface area contributed by atoms with Gasteiger partial charge in [-0.15, -0.1) is 0 Å². The number of allylic oxidation sites excluding steroid dienone is 1. The van der Waals surface area contributed by atoms with Gasteiger partial charge in [0.05, 0.1) is 6.61 Å². The topological polar surface area (TPSA) is 58.6 Å². The molecular weight excluding hydrogens is 147 g/mol. The van der Waals surface area contributed by atoms with Crippen molar-refractivity contribution in [3.8, 4) is 0 Å². The Hall–Kier alpha value is -0.900. The minimum absolute atomic E-state index is 0.255. The summed E-state index contributed by atoms with van der Waals surface area (Å²) < 4.78 is 12.3. The van der Waals surface area contributed by atoms with Crippen LogP contribution in [0.25, 0.3) is 0 Å². The number of hydrogen-bond donors (Lipinski definition) is 2. The summed E-state index contributed by atoms with van der Waals surface area (Å²) in [6.07, 6.45) is 3.51. The third-order valence-corrected chi connectivity index (χ3v) is 1.07. The molecule has 0 saturated carbocycles. The normalized spacial score (nSPS) is 14.7. The summed E-state index contributed by atoms with van der Waals surface area (Å²) in [7, 11) is 0. The fourth-order valence-electron chi connectivity index (χ4n) is 0.491. The SMILES string of the molecule is NC=CC=NCC[C@H](F)CO. The second-order valence-electron chi connectivity index (χ2n) is 2.01. The van der Waals surface area contributed by atoms with Crippen molar-refractivity contribution in [2.24, 2.45) is 10.7 Å². The average Bonchev–Trinajstić information content (AvgIpc) is 2.04. The molecular formula is C7H13FN2O. The zero-order chi connectivity index (χ0) is 8.53. The first kappa shape index (κ1) is 10.1. The number of halogens is 1. The Balaban J connectivity index is 3.26. The molecule has 0 aliphatic rings. The van der Waals surface area contributed by atoms with Gasteiger partial charge in [0.15, 0.2) is 0 Å². The summed E-state index contributed by atoms with van der Waals surface area (Å²) >= 11 is 0. The molecule has 0 aromatic carbocycles. The molecule has 1 atom stereocenters. The van der Waals surface area contributed by atoms with Gasteiger partial charge >= 0.3 is 0 Å². The highest BCUT2D eigenvalue weighted by molar-refractivity contribution is 5.70. The van der Waals surface area contributed by atoms with Crippen molar-refractivity contribution < 1.29 is 9.50 Å². The van der Waals surface area contributed by atoms with Crippen molar-refractivity contribution in [3.63, 3.8) is 0 Å². The fourth-order valence-corrected chi connectivity index (χ4v) is 0.491. The summed E-state index contributed by atoms with van der Waals surface area (Å²) in [5, 5.41) is 8.28. The molecule has 0 saturated heterocycles. The van der Waals surface area contributed by atoms with Gasteiger partial charge < -0.3 is 10.8 Å². The summed E-state index contributed by atoms with van der Waals surface area (Å²) in [6.45, 7) is -0.0473. The molecule has 0 fully saturated rings. The maximum absolute atomic E-state index is 12.3. The van der Waals surface area contributed by atoms with Crippen LogP contribution in [0.3, 0.4) is 0 Å². The Kier molecular flexibility index (Phi) is 6.62. The summed E-state index contributed by atoms with van der Waals surface area (Å²) in [4.78, 5) is 3.81. The second-order valence-corrected chi connectivity index (χ2v) is 2.01. The number of rotatable bonds is 5. The lowest BCUT2D eigenvalue weighted by Gasteiger charge is -1.98. The van der Waals surface area contributed by atoms with Crippen LogP contribution in [0.15, 0.2) is 17.3 Å². The van der Waals surface area contributed by atoms with Crippen LogP contribution in [0.2, 0.25) is 0 Å². The van der Waals surface area contributed by atoms with Gasteiger partial charge in [0.1, 0.15) is 6.17 Å². The quantitative estimate of drug-likeness (QED) is 0.566. The largest absolute Gasteiger partial charge is 0.405 e. The van der Waals surface area contributed by atoms with Gasteiger partial charge in [-0.05, 0) is 12.3 Å². The van der Waals surface area contributed by atoms with Crippen LogP contribution in [-0.2, 0) is 0 Å². The van der Waals surface area contributed by atoms with E-state index < -0.39 is 12.8 Å². The maximum Gasteiger partial charge on any atom is 0.125 e. The van der Waals surface area contributed by atoms with E-state index in [1.807, 2.05) is 0 Å². The molecule has 3 N–H and O–H groups in total. The molecule has 0 aliphatic heterocycles. The van der Waals surface area contributed by atoms with Crippen LogP contribution >= 0.6 is 0 Å². The molecule has 0 aromatic rings. The second kappa shape index (κ2) is 7.21. The number of aliphatic imine (C=N–C) groups is 1.